The van der Waals surface area contributed by atoms with Crippen LogP contribution in [0.3, 0.4) is 0 Å². The van der Waals surface area contributed by atoms with Gasteiger partial charge in [-0.25, -0.2) is 5.48 Å². The maximum Gasteiger partial charge on any atom is 0.309 e. The van der Waals surface area contributed by atoms with E-state index in [1.807, 2.05) is 13.8 Å². The van der Waals surface area contributed by atoms with Gasteiger partial charge in [-0.3, -0.25) is 9.63 Å². The second kappa shape index (κ2) is 5.60. The zero-order valence-corrected chi connectivity index (χ0v) is 7.72. The minimum absolute atomic E-state index is 0.0405. The van der Waals surface area contributed by atoms with Gasteiger partial charge in [0.2, 0.25) is 0 Å². The molecule has 0 saturated carbocycles. The Labute approximate surface area is 72.5 Å². The lowest BCUT2D eigenvalue weighted by molar-refractivity contribution is -0.133. The Morgan fingerprint density at radius 3 is 2.58 bits per heavy atom. The summed E-state index contributed by atoms with van der Waals surface area (Å²) in [7, 11) is 1.38. The Balaban J connectivity index is 3.51. The number of hydrogen-bond acceptors (Lipinski definition) is 3. The lowest BCUT2D eigenvalue weighted by Gasteiger charge is -2.07. The molecule has 0 fully saturated rings. The molecule has 0 rings (SSSR count). The van der Waals surface area contributed by atoms with Crippen molar-refractivity contribution < 1.29 is 14.4 Å². The molecule has 0 aromatic heterocycles. The predicted octanol–water partition coefficient (Wildman–Crippen LogP) is 0.850. The molecule has 0 aromatic carbocycles. The maximum atomic E-state index is 10.9. The fourth-order valence-electron chi connectivity index (χ4n) is 0.423. The van der Waals surface area contributed by atoms with E-state index in [1.165, 1.54) is 7.11 Å². The molecule has 12 heavy (non-hydrogen) atoms. The standard InChI is InChI=1S/C8H15NO3/c1-6(2)5-12-9-8(10)7(3)11-4/h6H,3,5H2,1-2,4H3,(H,9,10). The molecule has 1 amide bonds. The van der Waals surface area contributed by atoms with Crippen LogP contribution in [0.5, 0.6) is 0 Å². The second-order valence-corrected chi connectivity index (χ2v) is 2.76. The molecule has 0 aliphatic carbocycles. The Morgan fingerprint density at radius 1 is 1.58 bits per heavy atom. The van der Waals surface area contributed by atoms with Crippen molar-refractivity contribution >= 4 is 5.91 Å². The van der Waals surface area contributed by atoms with Crippen LogP contribution in [0.2, 0.25) is 0 Å². The molecule has 0 radical (unpaired) electrons. The smallest absolute Gasteiger partial charge is 0.309 e. The second-order valence-electron chi connectivity index (χ2n) is 2.76. The van der Waals surface area contributed by atoms with Gasteiger partial charge in [0.15, 0.2) is 5.76 Å². The first-order chi connectivity index (χ1) is 5.57. The topological polar surface area (TPSA) is 47.6 Å². The van der Waals surface area contributed by atoms with E-state index in [0.717, 1.165) is 0 Å². The third kappa shape index (κ3) is 4.73. The predicted molar refractivity (Wildman–Crippen MR) is 45.1 cm³/mol. The van der Waals surface area contributed by atoms with Crippen LogP contribution in [0.15, 0.2) is 12.3 Å². The monoisotopic (exact) mass is 173 g/mol. The number of amides is 1. The average molecular weight is 173 g/mol. The van der Waals surface area contributed by atoms with Gasteiger partial charge in [-0.15, -0.1) is 0 Å². The van der Waals surface area contributed by atoms with Gasteiger partial charge in [0, 0.05) is 0 Å². The molecule has 4 nitrogen and oxygen atoms in total. The van der Waals surface area contributed by atoms with Crippen molar-refractivity contribution in [2.24, 2.45) is 5.92 Å². The van der Waals surface area contributed by atoms with Crippen LogP contribution < -0.4 is 5.48 Å². The Hall–Kier alpha value is -1.03. The molecule has 0 bridgehead atoms. The number of carbonyl (C=O) groups is 1. The molecular weight excluding hydrogens is 158 g/mol. The highest BCUT2D eigenvalue weighted by Crippen LogP contribution is 1.92. The largest absolute Gasteiger partial charge is 0.492 e. The minimum atomic E-state index is -0.446. The Morgan fingerprint density at radius 2 is 2.17 bits per heavy atom. The van der Waals surface area contributed by atoms with Crippen LogP contribution >= 0.6 is 0 Å². The highest BCUT2D eigenvalue weighted by Gasteiger charge is 2.05. The van der Waals surface area contributed by atoms with Crippen molar-refractivity contribution in [3.63, 3.8) is 0 Å². The fourth-order valence-corrected chi connectivity index (χ4v) is 0.423. The summed E-state index contributed by atoms with van der Waals surface area (Å²) in [4.78, 5) is 15.7. The number of nitrogens with one attached hydrogen (secondary N) is 1. The quantitative estimate of drug-likeness (QED) is 0.381. The summed E-state index contributed by atoms with van der Waals surface area (Å²) in [5.74, 6) is -0.0296. The molecule has 4 heteroatoms. The third-order valence-corrected chi connectivity index (χ3v) is 1.08. The van der Waals surface area contributed by atoms with Crippen molar-refractivity contribution in [1.29, 1.82) is 0 Å². The minimum Gasteiger partial charge on any atom is -0.492 e. The molecule has 0 aromatic rings. The maximum absolute atomic E-state index is 10.9. The number of rotatable bonds is 5. The molecule has 0 unspecified atom stereocenters. The van der Waals surface area contributed by atoms with Gasteiger partial charge in [-0.1, -0.05) is 20.4 Å². The van der Waals surface area contributed by atoms with E-state index in [4.69, 9.17) is 4.84 Å². The molecule has 0 saturated heterocycles. The van der Waals surface area contributed by atoms with Crippen molar-refractivity contribution in [2.45, 2.75) is 13.8 Å². The summed E-state index contributed by atoms with van der Waals surface area (Å²) in [6.07, 6.45) is 0. The van der Waals surface area contributed by atoms with E-state index < -0.39 is 5.91 Å². The summed E-state index contributed by atoms with van der Waals surface area (Å²) >= 11 is 0. The van der Waals surface area contributed by atoms with Gasteiger partial charge < -0.3 is 4.74 Å². The first kappa shape index (κ1) is 11.0. The van der Waals surface area contributed by atoms with E-state index in [0.29, 0.717) is 12.5 Å². The van der Waals surface area contributed by atoms with E-state index in [-0.39, 0.29) is 5.76 Å². The summed E-state index contributed by atoms with van der Waals surface area (Å²) in [6.45, 7) is 7.80. The molecule has 0 aliphatic rings. The normalized spacial score (nSPS) is 9.67. The van der Waals surface area contributed by atoms with E-state index in [2.05, 4.69) is 16.8 Å². The van der Waals surface area contributed by atoms with Crippen LogP contribution in [0, 0.1) is 5.92 Å². The number of carbonyl (C=O) groups excluding carboxylic acids is 1. The van der Waals surface area contributed by atoms with Gasteiger partial charge in [-0.05, 0) is 5.92 Å². The number of ether oxygens (including phenoxy) is 1. The molecular formula is C8H15NO3. The van der Waals surface area contributed by atoms with E-state index in [1.54, 1.807) is 0 Å². The Kier molecular flexibility index (Phi) is 5.12. The van der Waals surface area contributed by atoms with Gasteiger partial charge in [0.1, 0.15) is 0 Å². The van der Waals surface area contributed by atoms with Gasteiger partial charge >= 0.3 is 5.91 Å². The molecule has 0 aliphatic heterocycles. The van der Waals surface area contributed by atoms with Crippen molar-refractivity contribution in [3.8, 4) is 0 Å². The average Bonchev–Trinajstić information content (AvgIpc) is 2.02. The van der Waals surface area contributed by atoms with Crippen LogP contribution in [0.25, 0.3) is 0 Å². The highest BCUT2D eigenvalue weighted by molar-refractivity contribution is 5.89. The van der Waals surface area contributed by atoms with Crippen LogP contribution in [0.1, 0.15) is 13.8 Å². The van der Waals surface area contributed by atoms with E-state index in [9.17, 15) is 4.79 Å². The summed E-state index contributed by atoms with van der Waals surface area (Å²) < 4.78 is 4.58. The number of methoxy groups -OCH3 is 1. The molecule has 0 spiro atoms. The zero-order valence-electron chi connectivity index (χ0n) is 7.72. The van der Waals surface area contributed by atoms with Crippen molar-refractivity contribution in [3.05, 3.63) is 12.3 Å². The highest BCUT2D eigenvalue weighted by atomic mass is 16.7. The van der Waals surface area contributed by atoms with Crippen LogP contribution in [-0.2, 0) is 14.4 Å². The van der Waals surface area contributed by atoms with Gasteiger partial charge in [-0.2, -0.15) is 0 Å². The van der Waals surface area contributed by atoms with E-state index >= 15 is 0 Å². The van der Waals surface area contributed by atoms with Crippen LogP contribution in [-0.4, -0.2) is 19.6 Å². The number of hydroxylamine groups is 1. The zero-order chi connectivity index (χ0) is 9.56. The molecule has 1 N–H and O–H groups in total. The molecule has 0 atom stereocenters. The Bertz CT molecular complexity index is 166. The van der Waals surface area contributed by atoms with Gasteiger partial charge in [0.25, 0.3) is 0 Å². The third-order valence-electron chi connectivity index (χ3n) is 1.08. The summed E-state index contributed by atoms with van der Waals surface area (Å²) in [6, 6.07) is 0. The SMILES string of the molecule is C=C(OC)C(=O)NOCC(C)C. The van der Waals surface area contributed by atoms with Crippen molar-refractivity contribution in [1.82, 2.24) is 5.48 Å². The summed E-state index contributed by atoms with van der Waals surface area (Å²) in [5.41, 5.74) is 2.20. The molecule has 0 heterocycles. The first-order valence-electron chi connectivity index (χ1n) is 3.73. The number of hydrogen-bond donors (Lipinski definition) is 1. The first-order valence-corrected chi connectivity index (χ1v) is 3.73. The summed E-state index contributed by atoms with van der Waals surface area (Å²) in [5, 5.41) is 0. The fraction of sp³-hybridized carbons (Fsp3) is 0.625. The van der Waals surface area contributed by atoms with Crippen molar-refractivity contribution in [2.75, 3.05) is 13.7 Å². The molecule has 70 valence electrons. The van der Waals surface area contributed by atoms with Gasteiger partial charge in [0.05, 0.1) is 13.7 Å². The van der Waals surface area contributed by atoms with Crippen LogP contribution in [0.4, 0.5) is 0 Å². The lowest BCUT2D eigenvalue weighted by atomic mass is 10.2. The lowest BCUT2D eigenvalue weighted by Crippen LogP contribution is -2.27.